The molecule has 0 aliphatic heterocycles. The fraction of sp³-hybridized carbons (Fsp3) is 0.286. The standard InChI is InChI=1S/C14H17N3O/c1-17(2)11-4-3-10-7-8-16-13(12(10)9-11)5-6-14(15)18/h3-4,7-9H,5-6H2,1-2H3,(H2,15,18). The molecule has 0 saturated carbocycles. The quantitative estimate of drug-likeness (QED) is 0.889. The van der Waals surface area contributed by atoms with E-state index < -0.39 is 0 Å². The van der Waals surface area contributed by atoms with E-state index in [4.69, 9.17) is 5.73 Å². The predicted octanol–water partition coefficient (Wildman–Crippen LogP) is 1.72. The lowest BCUT2D eigenvalue weighted by Crippen LogP contribution is -2.12. The van der Waals surface area contributed by atoms with Crippen LogP contribution in [0.5, 0.6) is 0 Å². The summed E-state index contributed by atoms with van der Waals surface area (Å²) in [5, 5.41) is 2.22. The molecule has 0 atom stereocenters. The van der Waals surface area contributed by atoms with Crippen molar-refractivity contribution in [2.24, 2.45) is 5.73 Å². The smallest absolute Gasteiger partial charge is 0.217 e. The SMILES string of the molecule is CN(C)c1ccc2ccnc(CCC(N)=O)c2c1. The minimum Gasteiger partial charge on any atom is -0.378 e. The molecule has 0 unspecified atom stereocenters. The van der Waals surface area contributed by atoms with Crippen molar-refractivity contribution in [2.75, 3.05) is 19.0 Å². The molecule has 0 bridgehead atoms. The van der Waals surface area contributed by atoms with E-state index in [1.165, 1.54) is 0 Å². The molecule has 1 aromatic heterocycles. The van der Waals surface area contributed by atoms with Crippen LogP contribution in [0, 0.1) is 0 Å². The number of carbonyl (C=O) groups excluding carboxylic acids is 1. The van der Waals surface area contributed by atoms with E-state index in [1.54, 1.807) is 6.20 Å². The van der Waals surface area contributed by atoms with Gasteiger partial charge in [0.05, 0.1) is 0 Å². The molecule has 2 aromatic rings. The van der Waals surface area contributed by atoms with Crippen LogP contribution in [-0.2, 0) is 11.2 Å². The number of fused-ring (bicyclic) bond motifs is 1. The molecule has 1 amide bonds. The Morgan fingerprint density at radius 3 is 2.78 bits per heavy atom. The highest BCUT2D eigenvalue weighted by molar-refractivity contribution is 5.88. The van der Waals surface area contributed by atoms with Gasteiger partial charge in [-0.1, -0.05) is 6.07 Å². The van der Waals surface area contributed by atoms with E-state index in [1.807, 2.05) is 25.1 Å². The number of pyridine rings is 1. The van der Waals surface area contributed by atoms with Crippen LogP contribution in [0.1, 0.15) is 12.1 Å². The number of primary amides is 1. The summed E-state index contributed by atoms with van der Waals surface area (Å²) in [4.78, 5) is 17.3. The van der Waals surface area contributed by atoms with Gasteiger partial charge >= 0.3 is 0 Å². The number of carbonyl (C=O) groups is 1. The van der Waals surface area contributed by atoms with Gasteiger partial charge in [0.2, 0.25) is 5.91 Å². The number of hydrogen-bond acceptors (Lipinski definition) is 3. The van der Waals surface area contributed by atoms with Crippen LogP contribution in [0.25, 0.3) is 10.8 Å². The first kappa shape index (κ1) is 12.4. The van der Waals surface area contributed by atoms with Crippen LogP contribution in [0.3, 0.4) is 0 Å². The van der Waals surface area contributed by atoms with Gasteiger partial charge in [-0.3, -0.25) is 9.78 Å². The van der Waals surface area contributed by atoms with Gasteiger partial charge in [0, 0.05) is 43.5 Å². The Balaban J connectivity index is 2.45. The van der Waals surface area contributed by atoms with E-state index in [0.717, 1.165) is 22.2 Å². The number of nitrogens with two attached hydrogens (primary N) is 1. The van der Waals surface area contributed by atoms with Gasteiger partial charge in [0.15, 0.2) is 0 Å². The molecule has 0 spiro atoms. The number of benzene rings is 1. The lowest BCUT2D eigenvalue weighted by molar-refractivity contribution is -0.117. The Labute approximate surface area is 106 Å². The van der Waals surface area contributed by atoms with E-state index in [9.17, 15) is 4.79 Å². The molecule has 2 rings (SSSR count). The van der Waals surface area contributed by atoms with Crippen LogP contribution >= 0.6 is 0 Å². The molecule has 0 aliphatic carbocycles. The normalized spacial score (nSPS) is 10.6. The predicted molar refractivity (Wildman–Crippen MR) is 73.6 cm³/mol. The summed E-state index contributed by atoms with van der Waals surface area (Å²) in [5.41, 5.74) is 7.23. The minimum atomic E-state index is -0.294. The number of hydrogen-bond donors (Lipinski definition) is 1. The lowest BCUT2D eigenvalue weighted by atomic mass is 10.1. The van der Waals surface area contributed by atoms with Gasteiger partial charge in [-0.25, -0.2) is 0 Å². The third-order valence-electron chi connectivity index (χ3n) is 2.96. The number of aryl methyl sites for hydroxylation is 1. The number of aromatic nitrogens is 1. The molecular weight excluding hydrogens is 226 g/mol. The van der Waals surface area contributed by atoms with Crippen molar-refractivity contribution in [1.29, 1.82) is 0 Å². The Bertz CT molecular complexity index is 578. The zero-order chi connectivity index (χ0) is 13.1. The van der Waals surface area contributed by atoms with Gasteiger partial charge < -0.3 is 10.6 Å². The van der Waals surface area contributed by atoms with Crippen molar-refractivity contribution in [3.05, 3.63) is 36.2 Å². The van der Waals surface area contributed by atoms with Crippen molar-refractivity contribution < 1.29 is 4.79 Å². The third kappa shape index (κ3) is 2.59. The van der Waals surface area contributed by atoms with Crippen molar-refractivity contribution in [2.45, 2.75) is 12.8 Å². The second-order valence-electron chi connectivity index (χ2n) is 4.52. The van der Waals surface area contributed by atoms with Gasteiger partial charge in [0.25, 0.3) is 0 Å². The summed E-state index contributed by atoms with van der Waals surface area (Å²) in [5.74, 6) is -0.294. The molecule has 0 fully saturated rings. The highest BCUT2D eigenvalue weighted by Gasteiger charge is 2.06. The first-order valence-electron chi connectivity index (χ1n) is 5.91. The Morgan fingerprint density at radius 2 is 2.11 bits per heavy atom. The average Bonchev–Trinajstić information content (AvgIpc) is 2.35. The summed E-state index contributed by atoms with van der Waals surface area (Å²) < 4.78 is 0. The highest BCUT2D eigenvalue weighted by atomic mass is 16.1. The summed E-state index contributed by atoms with van der Waals surface area (Å²) >= 11 is 0. The van der Waals surface area contributed by atoms with Crippen molar-refractivity contribution in [3.63, 3.8) is 0 Å². The second-order valence-corrected chi connectivity index (χ2v) is 4.52. The highest BCUT2D eigenvalue weighted by Crippen LogP contribution is 2.23. The van der Waals surface area contributed by atoms with Gasteiger partial charge in [-0.05, 0) is 30.0 Å². The molecule has 1 heterocycles. The van der Waals surface area contributed by atoms with Gasteiger partial charge in [-0.15, -0.1) is 0 Å². The summed E-state index contributed by atoms with van der Waals surface area (Å²) in [6.45, 7) is 0. The summed E-state index contributed by atoms with van der Waals surface area (Å²) in [6, 6.07) is 8.21. The number of nitrogens with zero attached hydrogens (tertiary/aromatic N) is 2. The summed E-state index contributed by atoms with van der Waals surface area (Å²) in [6.07, 6.45) is 2.69. The zero-order valence-corrected chi connectivity index (χ0v) is 10.7. The van der Waals surface area contributed by atoms with Crippen LogP contribution in [0.15, 0.2) is 30.5 Å². The first-order chi connectivity index (χ1) is 8.58. The van der Waals surface area contributed by atoms with Crippen LogP contribution in [-0.4, -0.2) is 25.0 Å². The van der Waals surface area contributed by atoms with E-state index in [2.05, 4.69) is 23.2 Å². The van der Waals surface area contributed by atoms with Crippen molar-refractivity contribution in [1.82, 2.24) is 4.98 Å². The van der Waals surface area contributed by atoms with Crippen LogP contribution < -0.4 is 10.6 Å². The fourth-order valence-corrected chi connectivity index (χ4v) is 1.94. The van der Waals surface area contributed by atoms with Crippen LogP contribution in [0.4, 0.5) is 5.69 Å². The van der Waals surface area contributed by atoms with E-state index in [0.29, 0.717) is 12.8 Å². The molecule has 4 heteroatoms. The molecule has 1 aromatic carbocycles. The Morgan fingerprint density at radius 1 is 1.33 bits per heavy atom. The first-order valence-corrected chi connectivity index (χ1v) is 5.91. The van der Waals surface area contributed by atoms with Gasteiger partial charge in [0.1, 0.15) is 0 Å². The second kappa shape index (κ2) is 5.04. The molecular formula is C14H17N3O. The molecule has 0 aliphatic rings. The van der Waals surface area contributed by atoms with Crippen LogP contribution in [0.2, 0.25) is 0 Å². The molecule has 94 valence electrons. The topological polar surface area (TPSA) is 59.2 Å². The Kier molecular flexibility index (Phi) is 3.46. The maximum Gasteiger partial charge on any atom is 0.217 e. The van der Waals surface area contributed by atoms with Gasteiger partial charge in [-0.2, -0.15) is 0 Å². The summed E-state index contributed by atoms with van der Waals surface area (Å²) in [7, 11) is 4.00. The fourth-order valence-electron chi connectivity index (χ4n) is 1.94. The minimum absolute atomic E-state index is 0.294. The maximum absolute atomic E-state index is 10.9. The lowest BCUT2D eigenvalue weighted by Gasteiger charge is -2.14. The maximum atomic E-state index is 10.9. The van der Waals surface area contributed by atoms with Crippen molar-refractivity contribution >= 4 is 22.4 Å². The number of amides is 1. The molecule has 0 saturated heterocycles. The van der Waals surface area contributed by atoms with E-state index in [-0.39, 0.29) is 5.91 Å². The third-order valence-corrected chi connectivity index (χ3v) is 2.96. The zero-order valence-electron chi connectivity index (χ0n) is 10.7. The monoisotopic (exact) mass is 243 g/mol. The van der Waals surface area contributed by atoms with Crippen molar-refractivity contribution in [3.8, 4) is 0 Å². The number of rotatable bonds is 4. The largest absolute Gasteiger partial charge is 0.378 e. The molecule has 18 heavy (non-hydrogen) atoms. The Hall–Kier alpha value is -2.10. The average molecular weight is 243 g/mol. The molecule has 4 nitrogen and oxygen atoms in total. The van der Waals surface area contributed by atoms with E-state index >= 15 is 0 Å². The molecule has 0 radical (unpaired) electrons. The molecule has 2 N–H and O–H groups in total. The number of anilines is 1.